The summed E-state index contributed by atoms with van der Waals surface area (Å²) in [6.45, 7) is -0.442. The predicted molar refractivity (Wildman–Crippen MR) is 102 cm³/mol. The Morgan fingerprint density at radius 2 is 1.89 bits per heavy atom. The summed E-state index contributed by atoms with van der Waals surface area (Å²) in [5.74, 6) is -0.668. The summed E-state index contributed by atoms with van der Waals surface area (Å²) < 4.78 is 5.24. The molecular weight excluding hydrogens is 368 g/mol. The zero-order chi connectivity index (χ0) is 19.4. The molecule has 3 rings (SSSR count). The van der Waals surface area contributed by atoms with Crippen molar-refractivity contribution in [2.75, 3.05) is 19.0 Å². The number of methoxy groups -OCH3 is 1. The van der Waals surface area contributed by atoms with Crippen LogP contribution in [0.5, 0.6) is 11.5 Å². The van der Waals surface area contributed by atoms with Crippen LogP contribution in [-0.2, 0) is 9.59 Å². The van der Waals surface area contributed by atoms with Gasteiger partial charge in [-0.3, -0.25) is 19.3 Å². The maximum atomic E-state index is 12.5. The van der Waals surface area contributed by atoms with E-state index < -0.39 is 23.6 Å². The van der Waals surface area contributed by atoms with Gasteiger partial charge in [-0.25, -0.2) is 0 Å². The first kappa shape index (κ1) is 18.5. The lowest BCUT2D eigenvalue weighted by atomic mass is 10.2. The van der Waals surface area contributed by atoms with Gasteiger partial charge in [0.15, 0.2) is 0 Å². The molecule has 0 bridgehead atoms. The van der Waals surface area contributed by atoms with Gasteiger partial charge in [-0.05, 0) is 36.0 Å². The molecule has 3 amide bonds. The largest absolute Gasteiger partial charge is 0.506 e. The maximum absolute atomic E-state index is 12.5. The monoisotopic (exact) mass is 384 g/mol. The van der Waals surface area contributed by atoms with E-state index in [2.05, 4.69) is 5.32 Å². The van der Waals surface area contributed by atoms with Crippen LogP contribution in [0.15, 0.2) is 53.4 Å². The van der Waals surface area contributed by atoms with Crippen molar-refractivity contribution in [2.45, 2.75) is 0 Å². The number of imide groups is 1. The van der Waals surface area contributed by atoms with Crippen LogP contribution in [0.1, 0.15) is 5.56 Å². The number of nitrogens with zero attached hydrogens (tertiary/aromatic N) is 1. The predicted octanol–water partition coefficient (Wildman–Crippen LogP) is 3.08. The molecule has 0 atom stereocenters. The number of ether oxygens (including phenoxy) is 1. The second-order valence-corrected chi connectivity index (χ2v) is 6.57. The number of carbonyl (C=O) groups excluding carboxylic acids is 3. The Labute approximate surface area is 159 Å². The standard InChI is InChI=1S/C19H16N2O5S/c1-26-15-9-5-2-6-12(15)10-16-18(24)21(19(25)27-16)11-17(23)20-13-7-3-4-8-14(13)22/h2-10,22H,11H2,1H3,(H,20,23)/b16-10-. The molecule has 1 aliphatic heterocycles. The van der Waals surface area contributed by atoms with Gasteiger partial charge in [0, 0.05) is 5.56 Å². The molecule has 1 heterocycles. The Morgan fingerprint density at radius 3 is 2.63 bits per heavy atom. The summed E-state index contributed by atoms with van der Waals surface area (Å²) in [5, 5.41) is 11.6. The van der Waals surface area contributed by atoms with Gasteiger partial charge in [0.2, 0.25) is 5.91 Å². The molecule has 7 nitrogen and oxygen atoms in total. The lowest BCUT2D eigenvalue weighted by Gasteiger charge is -2.13. The number of anilines is 1. The fourth-order valence-electron chi connectivity index (χ4n) is 2.48. The molecule has 0 aromatic heterocycles. The van der Waals surface area contributed by atoms with Gasteiger partial charge in [-0.2, -0.15) is 0 Å². The zero-order valence-corrected chi connectivity index (χ0v) is 15.2. The third-order valence-corrected chi connectivity index (χ3v) is 4.69. The zero-order valence-electron chi connectivity index (χ0n) is 14.3. The maximum Gasteiger partial charge on any atom is 0.294 e. The number of rotatable bonds is 5. The molecule has 0 aliphatic carbocycles. The van der Waals surface area contributed by atoms with Gasteiger partial charge >= 0.3 is 0 Å². The van der Waals surface area contributed by atoms with E-state index in [0.717, 1.165) is 16.7 Å². The van der Waals surface area contributed by atoms with E-state index >= 15 is 0 Å². The number of carbonyl (C=O) groups is 3. The van der Waals surface area contributed by atoms with Gasteiger partial charge < -0.3 is 15.2 Å². The molecule has 2 aromatic carbocycles. The number of phenols is 1. The molecule has 8 heteroatoms. The minimum atomic E-state index is -0.586. The summed E-state index contributed by atoms with van der Waals surface area (Å²) in [7, 11) is 1.52. The molecular formula is C19H16N2O5S. The third-order valence-electron chi connectivity index (χ3n) is 3.78. The van der Waals surface area contributed by atoms with Crippen LogP contribution in [0.25, 0.3) is 6.08 Å². The molecule has 1 aliphatic rings. The van der Waals surface area contributed by atoms with Crippen LogP contribution in [0, 0.1) is 0 Å². The fraction of sp³-hybridized carbons (Fsp3) is 0.105. The SMILES string of the molecule is COc1ccccc1/C=C1\SC(=O)N(CC(=O)Nc2ccccc2O)C1=O. The highest BCUT2D eigenvalue weighted by Crippen LogP contribution is 2.34. The van der Waals surface area contributed by atoms with E-state index in [1.165, 1.54) is 19.2 Å². The minimum Gasteiger partial charge on any atom is -0.506 e. The number of hydrogen-bond acceptors (Lipinski definition) is 6. The van der Waals surface area contributed by atoms with Gasteiger partial charge in [-0.1, -0.05) is 30.3 Å². The number of thioether (sulfide) groups is 1. The molecule has 2 N–H and O–H groups in total. The lowest BCUT2D eigenvalue weighted by molar-refractivity contribution is -0.127. The first-order valence-electron chi connectivity index (χ1n) is 7.96. The molecule has 2 aromatic rings. The Balaban J connectivity index is 1.73. The van der Waals surface area contributed by atoms with Gasteiger partial charge in [-0.15, -0.1) is 0 Å². The van der Waals surface area contributed by atoms with Crippen LogP contribution < -0.4 is 10.1 Å². The van der Waals surface area contributed by atoms with Crippen molar-refractivity contribution >= 4 is 40.6 Å². The van der Waals surface area contributed by atoms with Crippen molar-refractivity contribution in [3.8, 4) is 11.5 Å². The van der Waals surface area contributed by atoms with Crippen LogP contribution in [0.3, 0.4) is 0 Å². The van der Waals surface area contributed by atoms with Crippen molar-refractivity contribution in [1.29, 1.82) is 0 Å². The van der Waals surface area contributed by atoms with E-state index in [4.69, 9.17) is 4.74 Å². The molecule has 0 radical (unpaired) electrons. The van der Waals surface area contributed by atoms with E-state index in [-0.39, 0.29) is 16.3 Å². The van der Waals surface area contributed by atoms with Gasteiger partial charge in [0.05, 0.1) is 17.7 Å². The number of para-hydroxylation sites is 3. The Morgan fingerprint density at radius 1 is 1.19 bits per heavy atom. The highest BCUT2D eigenvalue weighted by Gasteiger charge is 2.36. The first-order valence-corrected chi connectivity index (χ1v) is 8.77. The van der Waals surface area contributed by atoms with Gasteiger partial charge in [0.1, 0.15) is 18.0 Å². The number of phenolic OH excluding ortho intramolecular Hbond substituents is 1. The molecule has 0 spiro atoms. The van der Waals surface area contributed by atoms with Crippen LogP contribution in [0.4, 0.5) is 10.5 Å². The van der Waals surface area contributed by atoms with E-state index in [1.54, 1.807) is 42.5 Å². The van der Waals surface area contributed by atoms with Crippen molar-refractivity contribution in [2.24, 2.45) is 0 Å². The Hall–Kier alpha value is -3.26. The average molecular weight is 384 g/mol. The van der Waals surface area contributed by atoms with Crippen LogP contribution in [0.2, 0.25) is 0 Å². The Bertz CT molecular complexity index is 941. The van der Waals surface area contributed by atoms with Crippen molar-refractivity contribution < 1.29 is 24.2 Å². The smallest absolute Gasteiger partial charge is 0.294 e. The summed E-state index contributed by atoms with van der Waals surface area (Å²) in [5.41, 5.74) is 0.864. The van der Waals surface area contributed by atoms with Gasteiger partial charge in [0.25, 0.3) is 11.1 Å². The summed E-state index contributed by atoms with van der Waals surface area (Å²) in [4.78, 5) is 37.9. The second kappa shape index (κ2) is 7.96. The summed E-state index contributed by atoms with van der Waals surface area (Å²) in [6, 6.07) is 13.3. The molecule has 0 saturated carbocycles. The topological polar surface area (TPSA) is 95.9 Å². The Kier molecular flexibility index (Phi) is 5.46. The highest BCUT2D eigenvalue weighted by molar-refractivity contribution is 8.18. The lowest BCUT2D eigenvalue weighted by Crippen LogP contribution is -2.36. The highest BCUT2D eigenvalue weighted by atomic mass is 32.2. The quantitative estimate of drug-likeness (QED) is 0.608. The molecule has 1 saturated heterocycles. The molecule has 138 valence electrons. The fourth-order valence-corrected chi connectivity index (χ4v) is 3.31. The second-order valence-electron chi connectivity index (χ2n) is 5.58. The van der Waals surface area contributed by atoms with Crippen molar-refractivity contribution in [3.63, 3.8) is 0 Å². The summed E-state index contributed by atoms with van der Waals surface area (Å²) in [6.07, 6.45) is 1.56. The van der Waals surface area contributed by atoms with Crippen molar-refractivity contribution in [1.82, 2.24) is 4.90 Å². The number of hydrogen-bond donors (Lipinski definition) is 2. The number of benzene rings is 2. The normalized spacial score (nSPS) is 15.3. The number of nitrogens with one attached hydrogen (secondary N) is 1. The summed E-state index contributed by atoms with van der Waals surface area (Å²) >= 11 is 0.761. The average Bonchev–Trinajstić information content (AvgIpc) is 2.91. The number of amides is 3. The van der Waals surface area contributed by atoms with E-state index in [9.17, 15) is 19.5 Å². The van der Waals surface area contributed by atoms with Crippen LogP contribution >= 0.6 is 11.8 Å². The first-order chi connectivity index (χ1) is 13.0. The molecule has 0 unspecified atom stereocenters. The third kappa shape index (κ3) is 4.12. The van der Waals surface area contributed by atoms with Crippen molar-refractivity contribution in [3.05, 3.63) is 59.0 Å². The van der Waals surface area contributed by atoms with E-state index in [0.29, 0.717) is 11.3 Å². The van der Waals surface area contributed by atoms with Crippen LogP contribution in [-0.4, -0.2) is 40.7 Å². The van der Waals surface area contributed by atoms with E-state index in [1.807, 2.05) is 0 Å². The molecule has 27 heavy (non-hydrogen) atoms. The minimum absolute atomic E-state index is 0.101. The molecule has 1 fully saturated rings. The number of aromatic hydroxyl groups is 1.